The molecule has 0 saturated heterocycles. The van der Waals surface area contributed by atoms with E-state index < -0.39 is 33.4 Å². The number of sulfone groups is 1. The molecule has 0 fully saturated rings. The van der Waals surface area contributed by atoms with E-state index in [-0.39, 0.29) is 21.7 Å². The highest BCUT2D eigenvalue weighted by molar-refractivity contribution is 7.90. The van der Waals surface area contributed by atoms with E-state index in [9.17, 15) is 28.2 Å². The highest BCUT2D eigenvalue weighted by Crippen LogP contribution is 2.34. The van der Waals surface area contributed by atoms with Gasteiger partial charge in [0.1, 0.15) is 0 Å². The Morgan fingerprint density at radius 3 is 2.30 bits per heavy atom. The molecule has 1 aliphatic heterocycles. The zero-order chi connectivity index (χ0) is 17.4. The van der Waals surface area contributed by atoms with Crippen molar-refractivity contribution in [1.82, 2.24) is 5.43 Å². The van der Waals surface area contributed by atoms with Crippen molar-refractivity contribution in [3.8, 4) is 0 Å². The molecule has 1 heterocycles. The third kappa shape index (κ3) is 3.09. The molecule has 0 amide bonds. The van der Waals surface area contributed by atoms with Crippen LogP contribution in [0.2, 0.25) is 0 Å². The van der Waals surface area contributed by atoms with Gasteiger partial charge in [0.15, 0.2) is 15.5 Å². The van der Waals surface area contributed by atoms with Gasteiger partial charge in [-0.1, -0.05) is 18.2 Å². The van der Waals surface area contributed by atoms with E-state index in [0.717, 1.165) is 6.26 Å². The molecule has 1 unspecified atom stereocenters. The van der Waals surface area contributed by atoms with E-state index >= 15 is 0 Å². The topological polar surface area (TPSA) is 133 Å². The Balaban J connectivity index is 2.80. The molecule has 122 valence electrons. The minimum absolute atomic E-state index is 0.0643. The number of benzene rings is 1. The lowest BCUT2D eigenvalue weighted by Gasteiger charge is -2.25. The second-order valence-corrected chi connectivity index (χ2v) is 6.98. The van der Waals surface area contributed by atoms with E-state index in [1.165, 1.54) is 31.2 Å². The predicted molar refractivity (Wildman–Crippen MR) is 80.8 cm³/mol. The summed E-state index contributed by atoms with van der Waals surface area (Å²) < 4.78 is 23.9. The Kier molecular flexibility index (Phi) is 4.24. The fourth-order valence-electron chi connectivity index (χ4n) is 2.44. The van der Waals surface area contributed by atoms with Crippen LogP contribution >= 0.6 is 0 Å². The van der Waals surface area contributed by atoms with Crippen LogP contribution in [0.4, 0.5) is 0 Å². The highest BCUT2D eigenvalue weighted by Gasteiger charge is 2.38. The second kappa shape index (κ2) is 5.84. The first-order chi connectivity index (χ1) is 10.6. The van der Waals surface area contributed by atoms with Crippen molar-refractivity contribution >= 4 is 27.5 Å². The summed E-state index contributed by atoms with van der Waals surface area (Å²) in [5.41, 5.74) is 1.83. The monoisotopic (exact) mass is 338 g/mol. The van der Waals surface area contributed by atoms with Crippen LogP contribution < -0.4 is 5.43 Å². The molecule has 23 heavy (non-hydrogen) atoms. The maximum atomic E-state index is 12.0. The van der Waals surface area contributed by atoms with Gasteiger partial charge in [-0.3, -0.25) is 5.43 Å². The van der Waals surface area contributed by atoms with Crippen LogP contribution in [-0.2, 0) is 19.4 Å². The van der Waals surface area contributed by atoms with Gasteiger partial charge in [-0.2, -0.15) is 5.10 Å². The van der Waals surface area contributed by atoms with Gasteiger partial charge in [0.25, 0.3) is 0 Å². The second-order valence-electron chi connectivity index (χ2n) is 5.00. The molecular formula is C14H14N2O6S. The lowest BCUT2D eigenvalue weighted by atomic mass is 9.85. The molecule has 1 atom stereocenters. The summed E-state index contributed by atoms with van der Waals surface area (Å²) in [6, 6.07) is 5.69. The number of aliphatic carboxylic acids is 2. The van der Waals surface area contributed by atoms with Gasteiger partial charge in [0.2, 0.25) is 0 Å². The predicted octanol–water partition coefficient (Wildman–Crippen LogP) is 0.576. The molecule has 1 aliphatic rings. The standard InChI is InChI=1S/C14H14N2O6S/c1-7-10(13(17)18)11(12(14(19)20)16-15-7)8-5-3-4-6-9(8)23(2,21)22/h3-6,11,15H,1-2H3,(H,17,18)(H,19,20). The van der Waals surface area contributed by atoms with Crippen molar-refractivity contribution in [2.45, 2.75) is 17.7 Å². The van der Waals surface area contributed by atoms with Crippen molar-refractivity contribution in [2.24, 2.45) is 5.10 Å². The Morgan fingerprint density at radius 2 is 1.78 bits per heavy atom. The van der Waals surface area contributed by atoms with Gasteiger partial charge in [-0.25, -0.2) is 18.0 Å². The number of allylic oxidation sites excluding steroid dienone is 1. The van der Waals surface area contributed by atoms with Crippen LogP contribution in [0.1, 0.15) is 18.4 Å². The minimum Gasteiger partial charge on any atom is -0.478 e. The molecule has 1 aromatic rings. The molecule has 0 radical (unpaired) electrons. The van der Waals surface area contributed by atoms with E-state index in [0.29, 0.717) is 0 Å². The Bertz CT molecular complexity index is 854. The van der Waals surface area contributed by atoms with Crippen LogP contribution in [0.3, 0.4) is 0 Å². The zero-order valence-corrected chi connectivity index (χ0v) is 13.1. The van der Waals surface area contributed by atoms with E-state index in [1.54, 1.807) is 0 Å². The van der Waals surface area contributed by atoms with Gasteiger partial charge in [-0.15, -0.1) is 0 Å². The van der Waals surface area contributed by atoms with Crippen LogP contribution in [0.5, 0.6) is 0 Å². The number of nitrogens with one attached hydrogen (secondary N) is 1. The lowest BCUT2D eigenvalue weighted by Crippen LogP contribution is -2.35. The first-order valence-electron chi connectivity index (χ1n) is 6.44. The summed E-state index contributed by atoms with van der Waals surface area (Å²) in [6.07, 6.45) is 0.974. The molecule has 8 nitrogen and oxygen atoms in total. The van der Waals surface area contributed by atoms with Crippen molar-refractivity contribution in [3.63, 3.8) is 0 Å². The molecule has 0 aromatic heterocycles. The van der Waals surface area contributed by atoms with Crippen molar-refractivity contribution in [1.29, 1.82) is 0 Å². The fraction of sp³-hybridized carbons (Fsp3) is 0.214. The van der Waals surface area contributed by atoms with E-state index in [2.05, 4.69) is 10.5 Å². The van der Waals surface area contributed by atoms with Crippen molar-refractivity contribution in [2.75, 3.05) is 6.26 Å². The lowest BCUT2D eigenvalue weighted by molar-refractivity contribution is -0.132. The molecular weight excluding hydrogens is 324 g/mol. The number of carboxylic acids is 2. The Labute approximate surface area is 132 Å². The van der Waals surface area contributed by atoms with E-state index in [4.69, 9.17) is 0 Å². The summed E-state index contributed by atoms with van der Waals surface area (Å²) in [5.74, 6) is -4.08. The number of hydrogen-bond donors (Lipinski definition) is 3. The number of rotatable bonds is 4. The molecule has 2 rings (SSSR count). The largest absolute Gasteiger partial charge is 0.478 e. The maximum absolute atomic E-state index is 12.0. The fourth-order valence-corrected chi connectivity index (χ4v) is 3.38. The van der Waals surface area contributed by atoms with Crippen LogP contribution in [0.25, 0.3) is 0 Å². The molecule has 0 bridgehead atoms. The first-order valence-corrected chi connectivity index (χ1v) is 8.33. The average Bonchev–Trinajstić information content (AvgIpc) is 2.45. The summed E-state index contributed by atoms with van der Waals surface area (Å²) in [4.78, 5) is 22.9. The minimum atomic E-state index is -3.68. The molecule has 0 saturated carbocycles. The summed E-state index contributed by atoms with van der Waals surface area (Å²) in [6.45, 7) is 1.43. The Hall–Kier alpha value is -2.68. The van der Waals surface area contributed by atoms with Crippen LogP contribution in [0, 0.1) is 0 Å². The van der Waals surface area contributed by atoms with Gasteiger partial charge in [0.05, 0.1) is 16.4 Å². The third-order valence-corrected chi connectivity index (χ3v) is 4.56. The quantitative estimate of drug-likeness (QED) is 0.731. The number of hydrogen-bond acceptors (Lipinski definition) is 6. The highest BCUT2D eigenvalue weighted by atomic mass is 32.2. The van der Waals surface area contributed by atoms with Crippen molar-refractivity contribution in [3.05, 3.63) is 41.1 Å². The number of nitrogens with zero attached hydrogens (tertiary/aromatic N) is 1. The normalized spacial score (nSPS) is 18.2. The van der Waals surface area contributed by atoms with Crippen LogP contribution in [0.15, 0.2) is 45.5 Å². The summed E-state index contributed by atoms with van der Waals surface area (Å²) in [7, 11) is -3.68. The van der Waals surface area contributed by atoms with Gasteiger partial charge in [0, 0.05) is 12.0 Å². The third-order valence-electron chi connectivity index (χ3n) is 3.39. The molecule has 0 aliphatic carbocycles. The molecule has 0 spiro atoms. The molecule has 1 aromatic carbocycles. The number of carbonyl (C=O) groups is 2. The average molecular weight is 338 g/mol. The zero-order valence-electron chi connectivity index (χ0n) is 12.3. The number of hydrazone groups is 1. The van der Waals surface area contributed by atoms with Gasteiger partial charge < -0.3 is 10.2 Å². The molecule has 9 heteroatoms. The summed E-state index contributed by atoms with van der Waals surface area (Å²) >= 11 is 0. The maximum Gasteiger partial charge on any atom is 0.353 e. The smallest absolute Gasteiger partial charge is 0.353 e. The van der Waals surface area contributed by atoms with Gasteiger partial charge in [-0.05, 0) is 18.6 Å². The SMILES string of the molecule is CC1=C(C(=O)O)C(c2ccccc2S(C)(=O)=O)C(C(=O)O)=NN1. The van der Waals surface area contributed by atoms with Gasteiger partial charge >= 0.3 is 11.9 Å². The summed E-state index contributed by atoms with van der Waals surface area (Å²) in [5, 5.41) is 22.4. The molecule has 3 N–H and O–H groups in total. The number of carboxylic acid groups (broad SMARTS) is 2. The van der Waals surface area contributed by atoms with Crippen molar-refractivity contribution < 1.29 is 28.2 Å². The van der Waals surface area contributed by atoms with E-state index in [1.807, 2.05) is 0 Å². The van der Waals surface area contributed by atoms with Crippen LogP contribution in [-0.4, -0.2) is 42.5 Å². The first kappa shape index (κ1) is 16.7. The Morgan fingerprint density at radius 1 is 1.17 bits per heavy atom.